The van der Waals surface area contributed by atoms with Crippen LogP contribution >= 0.6 is 0 Å². The molecule has 5 N–H and O–H groups in total. The molecule has 278 valence electrons. The van der Waals surface area contributed by atoms with Crippen LogP contribution in [0.1, 0.15) is 107 Å². The molecule has 2 bridgehead atoms. The zero-order valence-corrected chi connectivity index (χ0v) is 31.4. The van der Waals surface area contributed by atoms with Crippen LogP contribution in [0.4, 0.5) is 5.69 Å². The molecule has 3 saturated heterocycles. The molecule has 4 heterocycles. The van der Waals surface area contributed by atoms with Crippen LogP contribution in [0.2, 0.25) is 0 Å². The van der Waals surface area contributed by atoms with E-state index in [1.807, 2.05) is 18.2 Å². The number of carbonyl (C=O) groups is 1. The Balaban J connectivity index is 0.00000486. The van der Waals surface area contributed by atoms with E-state index in [9.17, 15) is 20.1 Å². The summed E-state index contributed by atoms with van der Waals surface area (Å²) in [5.41, 5.74) is 1.03. The minimum Gasteiger partial charge on any atom is -1.00 e. The molecule has 10 heteroatoms. The largest absolute Gasteiger partial charge is 1.00 e. The number of ether oxygens (including phenoxy) is 2. The number of nitrogens with one attached hydrogen (secondary N) is 2. The van der Waals surface area contributed by atoms with Gasteiger partial charge >= 0.3 is 0 Å². The van der Waals surface area contributed by atoms with Crippen LogP contribution in [0, 0.1) is 11.8 Å². The number of hydrogen-bond donors (Lipinski definition) is 5. The molecule has 2 aromatic rings. The Bertz CT molecular complexity index is 1350. The lowest BCUT2D eigenvalue weighted by Crippen LogP contribution is -3.00. The number of aromatic hydroxyl groups is 1. The quantitative estimate of drug-likeness (QED) is 0.110. The van der Waals surface area contributed by atoms with Crippen LogP contribution in [-0.2, 0) is 15.1 Å². The Morgan fingerprint density at radius 3 is 2.36 bits per heavy atom. The van der Waals surface area contributed by atoms with Crippen LogP contribution in [0.3, 0.4) is 0 Å². The maximum atomic E-state index is 12.0. The molecule has 2 aromatic carbocycles. The van der Waals surface area contributed by atoms with Crippen molar-refractivity contribution < 1.29 is 51.1 Å². The maximum absolute atomic E-state index is 12.0. The molecular formula is C40H60BrN3O6. The predicted molar refractivity (Wildman–Crippen MR) is 191 cm³/mol. The number of unbranched alkanes of at least 4 members (excludes halogenated alkanes) is 7. The van der Waals surface area contributed by atoms with Gasteiger partial charge in [0.1, 0.15) is 29.7 Å². The molecule has 1 amide bonds. The fraction of sp³-hybridized carbons (Fsp3) is 0.675. The van der Waals surface area contributed by atoms with E-state index in [0.717, 1.165) is 37.9 Å². The number of benzene rings is 2. The molecule has 7 rings (SSSR count). The molecule has 5 aliphatic rings. The van der Waals surface area contributed by atoms with Crippen molar-refractivity contribution in [1.29, 1.82) is 0 Å². The fourth-order valence-electron chi connectivity index (χ4n) is 9.09. The molecular weight excluding hydrogens is 698 g/mol. The number of aliphatic hydroxyl groups excluding tert-OH is 1. The molecule has 4 fully saturated rings. The first kappa shape index (κ1) is 39.0. The standard InChI is InChI=1S/C40H59N3O6.BrH/c44-33-24-34(39-35(25-33)42-38(46)28-48-39)36(45)26-41-20-12-5-3-1-2-4-6-13-21-43-22-18-30(19-23-43)37(27-43)49-29-40(47,32-16-10-11-17-32)31-14-8-7-9-15-31;/h7-9,14-15,24-25,30,32,36-37,41,45,47H,1-6,10-13,16-23,26-29H2,(H-,42,44,46);1H/t30?,36-,37-,40+,43?;/m0./s1. The Kier molecular flexibility index (Phi) is 14.4. The number of quaternary nitrogens is 1. The Morgan fingerprint density at radius 2 is 1.64 bits per heavy atom. The van der Waals surface area contributed by atoms with Crippen molar-refractivity contribution in [2.45, 2.75) is 108 Å². The summed E-state index contributed by atoms with van der Waals surface area (Å²) in [5, 5.41) is 38.7. The second-order valence-corrected chi connectivity index (χ2v) is 15.5. The third-order valence-electron chi connectivity index (χ3n) is 12.0. The molecule has 0 unspecified atom stereocenters. The summed E-state index contributed by atoms with van der Waals surface area (Å²) < 4.78 is 13.5. The topological polar surface area (TPSA) is 120 Å². The third-order valence-corrected chi connectivity index (χ3v) is 12.0. The minimum absolute atomic E-state index is 0. The number of piperidine rings is 3. The van der Waals surface area contributed by atoms with E-state index in [1.165, 1.54) is 107 Å². The average Bonchev–Trinajstić information content (AvgIpc) is 3.67. The number of phenolic OH excluding ortho intramolecular Hbond substituents is 1. The van der Waals surface area contributed by atoms with Crippen LogP contribution < -0.4 is 32.4 Å². The summed E-state index contributed by atoms with van der Waals surface area (Å²) in [4.78, 5) is 11.6. The lowest BCUT2D eigenvalue weighted by Gasteiger charge is -2.53. The van der Waals surface area contributed by atoms with Gasteiger partial charge in [-0.05, 0) is 56.2 Å². The fourth-order valence-corrected chi connectivity index (χ4v) is 9.09. The lowest BCUT2D eigenvalue weighted by atomic mass is 9.80. The highest BCUT2D eigenvalue weighted by Crippen LogP contribution is 2.43. The van der Waals surface area contributed by atoms with Gasteiger partial charge in [-0.25, -0.2) is 0 Å². The lowest BCUT2D eigenvalue weighted by molar-refractivity contribution is -0.946. The summed E-state index contributed by atoms with van der Waals surface area (Å²) in [6.45, 7) is 6.49. The second kappa shape index (κ2) is 18.5. The van der Waals surface area contributed by atoms with E-state index in [4.69, 9.17) is 9.47 Å². The van der Waals surface area contributed by atoms with Gasteiger partial charge in [-0.2, -0.15) is 0 Å². The van der Waals surface area contributed by atoms with Crippen LogP contribution in [-0.4, -0.2) is 84.3 Å². The van der Waals surface area contributed by atoms with Crippen molar-refractivity contribution in [2.75, 3.05) is 57.8 Å². The number of carbonyl (C=O) groups excluding carboxylic acids is 1. The van der Waals surface area contributed by atoms with Gasteiger partial charge in [-0.3, -0.25) is 4.79 Å². The first-order valence-corrected chi connectivity index (χ1v) is 19.3. The number of halogens is 1. The van der Waals surface area contributed by atoms with Gasteiger partial charge in [-0.1, -0.05) is 75.3 Å². The molecule has 3 atom stereocenters. The van der Waals surface area contributed by atoms with Crippen molar-refractivity contribution >= 4 is 11.6 Å². The molecule has 1 aliphatic carbocycles. The van der Waals surface area contributed by atoms with Crippen molar-refractivity contribution in [2.24, 2.45) is 11.8 Å². The first-order chi connectivity index (χ1) is 23.9. The van der Waals surface area contributed by atoms with E-state index in [-0.39, 0.29) is 41.3 Å². The van der Waals surface area contributed by atoms with Crippen LogP contribution in [0.5, 0.6) is 11.5 Å². The summed E-state index contributed by atoms with van der Waals surface area (Å²) in [6.07, 6.45) is 16.5. The molecule has 9 nitrogen and oxygen atoms in total. The number of rotatable bonds is 19. The molecule has 0 aromatic heterocycles. The van der Waals surface area contributed by atoms with Gasteiger partial charge in [0.25, 0.3) is 5.91 Å². The smallest absolute Gasteiger partial charge is 0.262 e. The highest BCUT2D eigenvalue weighted by atomic mass is 79.9. The van der Waals surface area contributed by atoms with Crippen LogP contribution in [0.15, 0.2) is 42.5 Å². The number of hydrogen-bond acceptors (Lipinski definition) is 7. The highest BCUT2D eigenvalue weighted by Gasteiger charge is 2.48. The number of amides is 1. The third kappa shape index (κ3) is 9.81. The average molecular weight is 759 g/mol. The molecule has 0 radical (unpaired) electrons. The minimum atomic E-state index is -0.875. The van der Waals surface area contributed by atoms with Crippen molar-refractivity contribution in [3.8, 4) is 11.5 Å². The molecule has 4 aliphatic heterocycles. The maximum Gasteiger partial charge on any atom is 0.262 e. The molecule has 0 spiro atoms. The van der Waals surface area contributed by atoms with Gasteiger partial charge in [0.05, 0.1) is 38.0 Å². The summed E-state index contributed by atoms with van der Waals surface area (Å²) in [5.74, 6) is 1.08. The van der Waals surface area contributed by atoms with E-state index in [1.54, 1.807) is 0 Å². The van der Waals surface area contributed by atoms with Crippen LogP contribution in [0.25, 0.3) is 0 Å². The Labute approximate surface area is 309 Å². The zero-order chi connectivity index (χ0) is 34.1. The SMILES string of the molecule is O=C1COc2c(cc(O)cc2[C@@H](O)CNCCCCCCCCCC[N+]23CCC(CC2)[C@@H](OC[C@@](O)(c2ccccc2)C2CCCC2)C3)N1.[Br-]. The van der Waals surface area contributed by atoms with E-state index < -0.39 is 11.7 Å². The first-order valence-electron chi connectivity index (χ1n) is 19.3. The number of aliphatic hydroxyl groups is 2. The van der Waals surface area contributed by atoms with Gasteiger partial charge in [-0.15, -0.1) is 0 Å². The van der Waals surface area contributed by atoms with Crippen molar-refractivity contribution in [1.82, 2.24) is 5.32 Å². The number of phenols is 1. The summed E-state index contributed by atoms with van der Waals surface area (Å²) in [6, 6.07) is 13.2. The molecule has 50 heavy (non-hydrogen) atoms. The van der Waals surface area contributed by atoms with Gasteiger partial charge in [0.2, 0.25) is 0 Å². The predicted octanol–water partition coefficient (Wildman–Crippen LogP) is 3.17. The Hall–Kier alpha value is -2.21. The van der Waals surface area contributed by atoms with E-state index in [0.29, 0.717) is 42.0 Å². The van der Waals surface area contributed by atoms with Gasteiger partial charge < -0.3 is 56.9 Å². The monoisotopic (exact) mass is 757 g/mol. The van der Waals surface area contributed by atoms with E-state index >= 15 is 0 Å². The summed E-state index contributed by atoms with van der Waals surface area (Å²) >= 11 is 0. The molecule has 1 saturated carbocycles. The van der Waals surface area contributed by atoms with Crippen molar-refractivity contribution in [3.05, 3.63) is 53.6 Å². The normalized spacial score (nSPS) is 24.9. The summed E-state index contributed by atoms with van der Waals surface area (Å²) in [7, 11) is 0. The van der Waals surface area contributed by atoms with E-state index in [2.05, 4.69) is 22.8 Å². The van der Waals surface area contributed by atoms with Crippen molar-refractivity contribution in [3.63, 3.8) is 0 Å². The van der Waals surface area contributed by atoms with Gasteiger partial charge in [0.15, 0.2) is 6.61 Å². The second-order valence-electron chi connectivity index (χ2n) is 15.5. The number of anilines is 1. The zero-order valence-electron chi connectivity index (χ0n) is 29.8. The number of fused-ring (bicyclic) bond motifs is 4. The number of nitrogens with zero attached hydrogens (tertiary/aromatic N) is 1. The highest BCUT2D eigenvalue weighted by molar-refractivity contribution is 5.96. The van der Waals surface area contributed by atoms with Gasteiger partial charge in [0, 0.05) is 36.9 Å². The Morgan fingerprint density at radius 1 is 0.960 bits per heavy atom.